The molecular formula is C5H7BF3O2-. The monoisotopic (exact) mass is 167 g/mol. The van der Waals surface area contributed by atoms with Crippen LogP contribution in [-0.4, -0.2) is 26.0 Å². The van der Waals surface area contributed by atoms with Gasteiger partial charge in [0.25, 0.3) is 0 Å². The van der Waals surface area contributed by atoms with Crippen LogP contribution in [0.4, 0.5) is 12.9 Å². The molecule has 0 aromatic carbocycles. The van der Waals surface area contributed by atoms with Crippen LogP contribution in [0.5, 0.6) is 0 Å². The van der Waals surface area contributed by atoms with Crippen LogP contribution < -0.4 is 0 Å². The van der Waals surface area contributed by atoms with Gasteiger partial charge >= 0.3 is 6.98 Å². The van der Waals surface area contributed by atoms with Gasteiger partial charge in [0.05, 0.1) is 0 Å². The number of carbonyl (C=O) groups is 1. The van der Waals surface area contributed by atoms with Crippen molar-refractivity contribution in [2.45, 2.75) is 12.2 Å². The molecule has 0 saturated carbocycles. The minimum absolute atomic E-state index is 0.164. The van der Waals surface area contributed by atoms with E-state index in [0.717, 1.165) is 0 Å². The zero-order valence-corrected chi connectivity index (χ0v) is 5.73. The van der Waals surface area contributed by atoms with E-state index < -0.39 is 25.0 Å². The highest BCUT2D eigenvalue weighted by Crippen LogP contribution is 2.31. The fourth-order valence-corrected chi connectivity index (χ4v) is 0.977. The van der Waals surface area contributed by atoms with Crippen molar-refractivity contribution in [1.82, 2.24) is 0 Å². The largest absolute Gasteiger partial charge is 0.484 e. The molecule has 1 unspecified atom stereocenters. The average molecular weight is 167 g/mol. The molecule has 1 aliphatic heterocycles. The molecule has 0 aromatic rings. The quantitative estimate of drug-likeness (QED) is 0.548. The lowest BCUT2D eigenvalue weighted by atomic mass is 9.70. The van der Waals surface area contributed by atoms with Crippen LogP contribution in [0.1, 0.15) is 6.42 Å². The van der Waals surface area contributed by atoms with Crippen LogP contribution in [0, 0.1) is 0 Å². The highest BCUT2D eigenvalue weighted by Gasteiger charge is 2.38. The number of ketones is 1. The molecule has 0 aliphatic carbocycles. The van der Waals surface area contributed by atoms with E-state index in [1.807, 2.05) is 0 Å². The second-order valence-electron chi connectivity index (χ2n) is 2.64. The molecule has 1 saturated heterocycles. The van der Waals surface area contributed by atoms with E-state index >= 15 is 0 Å². The first-order chi connectivity index (χ1) is 5.00. The molecule has 1 heterocycles. The van der Waals surface area contributed by atoms with Crippen LogP contribution in [-0.2, 0) is 9.53 Å². The number of rotatable bonds is 1. The Morgan fingerprint density at radius 3 is 2.45 bits per heavy atom. The molecule has 0 radical (unpaired) electrons. The number of carbonyl (C=O) groups excluding carboxylic acids is 1. The number of hydrogen-bond acceptors (Lipinski definition) is 2. The Morgan fingerprint density at radius 1 is 1.45 bits per heavy atom. The van der Waals surface area contributed by atoms with Crippen LogP contribution in [0.2, 0.25) is 5.82 Å². The van der Waals surface area contributed by atoms with E-state index in [9.17, 15) is 17.7 Å². The maximum atomic E-state index is 11.9. The van der Waals surface area contributed by atoms with Crippen molar-refractivity contribution in [2.24, 2.45) is 0 Å². The van der Waals surface area contributed by atoms with Crippen LogP contribution in [0.3, 0.4) is 0 Å². The van der Waals surface area contributed by atoms with E-state index in [0.29, 0.717) is 0 Å². The lowest BCUT2D eigenvalue weighted by molar-refractivity contribution is -0.127. The van der Waals surface area contributed by atoms with Crippen LogP contribution in [0.15, 0.2) is 0 Å². The fourth-order valence-electron chi connectivity index (χ4n) is 0.977. The molecule has 1 rings (SSSR count). The molecule has 0 amide bonds. The molecule has 1 fully saturated rings. The van der Waals surface area contributed by atoms with Gasteiger partial charge in [-0.25, -0.2) is 0 Å². The maximum absolute atomic E-state index is 11.9. The van der Waals surface area contributed by atoms with Crippen molar-refractivity contribution in [2.75, 3.05) is 13.2 Å². The normalized spacial score (nSPS) is 27.2. The number of halogens is 3. The summed E-state index contributed by atoms with van der Waals surface area (Å²) >= 11 is 0. The smallest absolute Gasteiger partial charge is 0.449 e. The van der Waals surface area contributed by atoms with Gasteiger partial charge in [-0.3, -0.25) is 4.79 Å². The molecule has 11 heavy (non-hydrogen) atoms. The Labute approximate surface area is 61.8 Å². The third kappa shape index (κ3) is 2.22. The standard InChI is InChI=1S/C5H7BF3O2/c7-6(8,9)4-1-5(10)3-11-2-4/h4H,1-3H2/q-1. The van der Waals surface area contributed by atoms with Crippen molar-refractivity contribution < 1.29 is 22.5 Å². The Hall–Kier alpha value is -0.515. The van der Waals surface area contributed by atoms with E-state index in [4.69, 9.17) is 0 Å². The summed E-state index contributed by atoms with van der Waals surface area (Å²) in [5.41, 5.74) is 0. The summed E-state index contributed by atoms with van der Waals surface area (Å²) in [5, 5.41) is 0. The molecule has 0 spiro atoms. The summed E-state index contributed by atoms with van der Waals surface area (Å²) in [4.78, 5) is 10.5. The second kappa shape index (κ2) is 2.85. The van der Waals surface area contributed by atoms with Crippen molar-refractivity contribution in [3.05, 3.63) is 0 Å². The third-order valence-electron chi connectivity index (χ3n) is 1.62. The van der Waals surface area contributed by atoms with Gasteiger partial charge in [0, 0.05) is 6.61 Å². The molecular weight excluding hydrogens is 160 g/mol. The van der Waals surface area contributed by atoms with Crippen LogP contribution in [0.25, 0.3) is 0 Å². The van der Waals surface area contributed by atoms with E-state index in [-0.39, 0.29) is 13.2 Å². The van der Waals surface area contributed by atoms with Gasteiger partial charge < -0.3 is 17.7 Å². The van der Waals surface area contributed by atoms with Gasteiger partial charge in [0.1, 0.15) is 6.61 Å². The van der Waals surface area contributed by atoms with Gasteiger partial charge in [-0.2, -0.15) is 0 Å². The first kappa shape index (κ1) is 8.58. The summed E-state index contributed by atoms with van der Waals surface area (Å²) < 4.78 is 40.3. The highest BCUT2D eigenvalue weighted by atomic mass is 19.4. The zero-order chi connectivity index (χ0) is 8.48. The summed E-state index contributed by atoms with van der Waals surface area (Å²) in [6.45, 7) is -5.42. The predicted molar refractivity (Wildman–Crippen MR) is 33.3 cm³/mol. The Kier molecular flexibility index (Phi) is 2.22. The van der Waals surface area contributed by atoms with E-state index in [2.05, 4.69) is 4.74 Å². The zero-order valence-electron chi connectivity index (χ0n) is 5.73. The van der Waals surface area contributed by atoms with Gasteiger partial charge in [-0.1, -0.05) is 0 Å². The van der Waals surface area contributed by atoms with Gasteiger partial charge in [0.15, 0.2) is 5.78 Å². The minimum Gasteiger partial charge on any atom is -0.449 e. The summed E-state index contributed by atoms with van der Waals surface area (Å²) in [6.07, 6.45) is -0.399. The SMILES string of the molecule is O=C1COCC([B-](F)(F)F)C1. The fraction of sp³-hybridized carbons (Fsp3) is 0.800. The Balaban J connectivity index is 2.53. The van der Waals surface area contributed by atoms with Crippen molar-refractivity contribution >= 4 is 12.8 Å². The third-order valence-corrected chi connectivity index (χ3v) is 1.62. The molecule has 1 aliphatic rings. The summed E-state index contributed by atoms with van der Waals surface area (Å²) in [7, 11) is 0. The molecule has 0 N–H and O–H groups in total. The molecule has 64 valence electrons. The molecule has 6 heteroatoms. The van der Waals surface area contributed by atoms with Crippen molar-refractivity contribution in [1.29, 1.82) is 0 Å². The van der Waals surface area contributed by atoms with Gasteiger partial charge in [0.2, 0.25) is 0 Å². The van der Waals surface area contributed by atoms with Gasteiger partial charge in [-0.05, 0) is 12.2 Å². The lowest BCUT2D eigenvalue weighted by Gasteiger charge is -2.29. The average Bonchev–Trinajstić information content (AvgIpc) is 1.86. The first-order valence-corrected chi connectivity index (χ1v) is 3.29. The van der Waals surface area contributed by atoms with Crippen molar-refractivity contribution in [3.63, 3.8) is 0 Å². The number of hydrogen-bond donors (Lipinski definition) is 0. The van der Waals surface area contributed by atoms with Crippen molar-refractivity contribution in [3.8, 4) is 0 Å². The Bertz CT molecular complexity index is 168. The van der Waals surface area contributed by atoms with Crippen LogP contribution >= 0.6 is 0 Å². The number of Topliss-reactive ketones (excluding diaryl/α,β-unsaturated/α-hetero) is 1. The lowest BCUT2D eigenvalue weighted by Crippen LogP contribution is -2.34. The summed E-state index contributed by atoms with van der Waals surface area (Å²) in [5.74, 6) is -1.99. The molecule has 0 bridgehead atoms. The molecule has 0 aromatic heterocycles. The molecule has 1 atom stereocenters. The minimum atomic E-state index is -4.90. The van der Waals surface area contributed by atoms with E-state index in [1.54, 1.807) is 0 Å². The van der Waals surface area contributed by atoms with E-state index in [1.165, 1.54) is 0 Å². The van der Waals surface area contributed by atoms with Gasteiger partial charge in [-0.15, -0.1) is 0 Å². The maximum Gasteiger partial charge on any atom is 0.484 e. The highest BCUT2D eigenvalue weighted by molar-refractivity contribution is 6.60. The summed E-state index contributed by atoms with van der Waals surface area (Å²) in [6, 6.07) is 0. The number of ether oxygens (including phenoxy) is 1. The second-order valence-corrected chi connectivity index (χ2v) is 2.64. The first-order valence-electron chi connectivity index (χ1n) is 3.29. The Morgan fingerprint density at radius 2 is 2.09 bits per heavy atom. The molecule has 2 nitrogen and oxygen atoms in total. The predicted octanol–water partition coefficient (Wildman–Crippen LogP) is 1.19. The topological polar surface area (TPSA) is 26.3 Å².